The highest BCUT2D eigenvalue weighted by Crippen LogP contribution is 2.36. The number of benzene rings is 2. The van der Waals surface area contributed by atoms with Crippen molar-refractivity contribution in [3.05, 3.63) is 60.3 Å². The molecule has 0 aliphatic heterocycles. The van der Waals surface area contributed by atoms with Crippen molar-refractivity contribution in [3.8, 4) is 11.5 Å². The number of nitrogens with zero attached hydrogens (tertiary/aromatic N) is 2. The van der Waals surface area contributed by atoms with Crippen LogP contribution in [0.2, 0.25) is 0 Å². The normalized spacial score (nSPS) is 14.1. The molecule has 1 heterocycles. The van der Waals surface area contributed by atoms with Crippen LogP contribution in [0, 0.1) is 0 Å². The van der Waals surface area contributed by atoms with Crippen molar-refractivity contribution in [2.24, 2.45) is 0 Å². The van der Waals surface area contributed by atoms with E-state index < -0.39 is 11.7 Å². The lowest BCUT2D eigenvalue weighted by Crippen LogP contribution is -2.13. The van der Waals surface area contributed by atoms with Crippen LogP contribution in [0.15, 0.2) is 54.7 Å². The summed E-state index contributed by atoms with van der Waals surface area (Å²) in [7, 11) is 0. The van der Waals surface area contributed by atoms with Gasteiger partial charge in [-0.3, -0.25) is 0 Å². The minimum absolute atomic E-state index is 0.0403. The van der Waals surface area contributed by atoms with Gasteiger partial charge in [-0.25, -0.2) is 4.98 Å². The van der Waals surface area contributed by atoms with E-state index in [9.17, 15) is 13.2 Å². The molecule has 1 aromatic heterocycles. The summed E-state index contributed by atoms with van der Waals surface area (Å²) in [4.78, 5) is 7.99. The number of unbranched alkanes of at least 4 members (excludes halogenated alkanes) is 1. The van der Waals surface area contributed by atoms with Crippen LogP contribution in [0.1, 0.15) is 51.0 Å². The molecule has 0 radical (unpaired) electrons. The third-order valence-electron chi connectivity index (χ3n) is 5.67. The summed E-state index contributed by atoms with van der Waals surface area (Å²) < 4.78 is 52.6. The number of rotatable bonds is 10. The van der Waals surface area contributed by atoms with Crippen LogP contribution in [0.25, 0.3) is 0 Å². The van der Waals surface area contributed by atoms with Crippen molar-refractivity contribution >= 4 is 23.1 Å². The van der Waals surface area contributed by atoms with Crippen molar-refractivity contribution in [1.29, 1.82) is 0 Å². The second-order valence-corrected chi connectivity index (χ2v) is 8.48. The Labute approximate surface area is 202 Å². The summed E-state index contributed by atoms with van der Waals surface area (Å²) in [6.45, 7) is 2.72. The number of halogens is 3. The summed E-state index contributed by atoms with van der Waals surface area (Å²) in [5, 5.41) is 5.75. The summed E-state index contributed by atoms with van der Waals surface area (Å²) in [5.74, 6) is 1.04. The van der Waals surface area contributed by atoms with Crippen LogP contribution in [0.5, 0.6) is 11.5 Å². The first-order valence-corrected chi connectivity index (χ1v) is 11.9. The molecule has 0 bridgehead atoms. The quantitative estimate of drug-likeness (QED) is 0.290. The van der Waals surface area contributed by atoms with Crippen molar-refractivity contribution < 1.29 is 22.6 Å². The van der Waals surface area contributed by atoms with E-state index in [1.807, 2.05) is 0 Å². The van der Waals surface area contributed by atoms with Gasteiger partial charge >= 0.3 is 6.18 Å². The van der Waals surface area contributed by atoms with Gasteiger partial charge < -0.3 is 20.1 Å². The van der Waals surface area contributed by atoms with Gasteiger partial charge in [0, 0.05) is 23.6 Å². The molecule has 1 saturated carbocycles. The Morgan fingerprint density at radius 2 is 1.74 bits per heavy atom. The number of hydrogen-bond acceptors (Lipinski definition) is 6. The third-order valence-corrected chi connectivity index (χ3v) is 5.67. The molecule has 0 amide bonds. The van der Waals surface area contributed by atoms with Crippen LogP contribution in [0.4, 0.5) is 36.3 Å². The predicted octanol–water partition coefficient (Wildman–Crippen LogP) is 7.48. The third kappa shape index (κ3) is 7.00. The first-order chi connectivity index (χ1) is 16.9. The molecule has 0 spiro atoms. The van der Waals surface area contributed by atoms with Gasteiger partial charge in [-0.2, -0.15) is 18.2 Å². The maximum Gasteiger partial charge on any atom is 0.421 e. The minimum Gasteiger partial charge on any atom is -0.494 e. The summed E-state index contributed by atoms with van der Waals surface area (Å²) >= 11 is 0. The molecule has 1 fully saturated rings. The Morgan fingerprint density at radius 1 is 0.971 bits per heavy atom. The Hall–Kier alpha value is -3.49. The maximum atomic E-state index is 13.7. The molecular weight excluding hydrogens is 457 g/mol. The fourth-order valence-electron chi connectivity index (χ4n) is 3.83. The van der Waals surface area contributed by atoms with Crippen LogP contribution < -0.4 is 20.1 Å². The highest BCUT2D eigenvalue weighted by Gasteiger charge is 2.35. The molecule has 35 heavy (non-hydrogen) atoms. The van der Waals surface area contributed by atoms with E-state index in [0.717, 1.165) is 50.5 Å². The molecule has 1 aliphatic rings. The Kier molecular flexibility index (Phi) is 7.94. The molecular formula is C26H29F3N4O2. The zero-order chi connectivity index (χ0) is 24.7. The summed E-state index contributed by atoms with van der Waals surface area (Å²) in [5.41, 5.74) is 0.125. The van der Waals surface area contributed by atoms with Gasteiger partial charge in [0.1, 0.15) is 22.9 Å². The highest BCUT2D eigenvalue weighted by molar-refractivity contribution is 5.64. The first-order valence-electron chi connectivity index (χ1n) is 11.9. The molecule has 0 unspecified atom stereocenters. The number of anilines is 4. The van der Waals surface area contributed by atoms with E-state index in [1.54, 1.807) is 48.5 Å². The molecule has 9 heteroatoms. The SMILES string of the molecule is CCCCOc1ccc(Nc2ncc(C(F)(F)F)c(Nc3cccc(OC4CCCC4)c3)n2)cc1. The van der Waals surface area contributed by atoms with Gasteiger partial charge in [0.25, 0.3) is 0 Å². The second kappa shape index (κ2) is 11.3. The molecule has 2 N–H and O–H groups in total. The molecule has 6 nitrogen and oxygen atoms in total. The van der Waals surface area contributed by atoms with Crippen LogP contribution in [-0.2, 0) is 6.18 Å². The van der Waals surface area contributed by atoms with E-state index >= 15 is 0 Å². The fourth-order valence-corrected chi connectivity index (χ4v) is 3.83. The Morgan fingerprint density at radius 3 is 2.46 bits per heavy atom. The highest BCUT2D eigenvalue weighted by atomic mass is 19.4. The van der Waals surface area contributed by atoms with Gasteiger partial charge in [-0.1, -0.05) is 19.4 Å². The largest absolute Gasteiger partial charge is 0.494 e. The zero-order valence-electron chi connectivity index (χ0n) is 19.6. The molecule has 0 atom stereocenters. The molecule has 4 rings (SSSR count). The second-order valence-electron chi connectivity index (χ2n) is 8.48. The molecule has 3 aromatic rings. The number of ether oxygens (including phenoxy) is 2. The Bertz CT molecular complexity index is 1100. The predicted molar refractivity (Wildman–Crippen MR) is 130 cm³/mol. The summed E-state index contributed by atoms with van der Waals surface area (Å²) in [6.07, 6.45) is 2.55. The standard InChI is InChI=1S/C26H29F3N4O2/c1-2-3-15-34-20-13-11-18(12-14-20)32-25-30-17-23(26(27,28)29)24(33-25)31-19-7-6-10-22(16-19)35-21-8-4-5-9-21/h6-7,10-14,16-17,21H,2-5,8-9,15H2,1H3,(H2,30,31,32,33). The molecule has 0 saturated heterocycles. The monoisotopic (exact) mass is 486 g/mol. The lowest BCUT2D eigenvalue weighted by atomic mass is 10.2. The van der Waals surface area contributed by atoms with Gasteiger partial charge in [-0.05, 0) is 68.5 Å². The fraction of sp³-hybridized carbons (Fsp3) is 0.385. The van der Waals surface area contributed by atoms with Gasteiger partial charge in [0.05, 0.1) is 12.7 Å². The number of aromatic nitrogens is 2. The van der Waals surface area contributed by atoms with Gasteiger partial charge in [0.15, 0.2) is 0 Å². The Balaban J connectivity index is 1.50. The molecule has 2 aromatic carbocycles. The zero-order valence-corrected chi connectivity index (χ0v) is 19.6. The van der Waals surface area contributed by atoms with Gasteiger partial charge in [0.2, 0.25) is 5.95 Å². The van der Waals surface area contributed by atoms with E-state index in [-0.39, 0.29) is 17.9 Å². The van der Waals surface area contributed by atoms with Crippen molar-refractivity contribution in [1.82, 2.24) is 9.97 Å². The lowest BCUT2D eigenvalue weighted by Gasteiger charge is -2.17. The first kappa shape index (κ1) is 24.6. The van der Waals surface area contributed by atoms with Crippen LogP contribution >= 0.6 is 0 Å². The average Bonchev–Trinajstić information content (AvgIpc) is 3.33. The molecule has 186 valence electrons. The van der Waals surface area contributed by atoms with Crippen LogP contribution in [-0.4, -0.2) is 22.7 Å². The maximum absolute atomic E-state index is 13.7. The van der Waals surface area contributed by atoms with Crippen molar-refractivity contribution in [3.63, 3.8) is 0 Å². The number of hydrogen-bond donors (Lipinski definition) is 2. The van der Waals surface area contributed by atoms with Gasteiger partial charge in [-0.15, -0.1) is 0 Å². The number of nitrogens with one attached hydrogen (secondary N) is 2. The van der Waals surface area contributed by atoms with E-state index in [4.69, 9.17) is 9.47 Å². The van der Waals surface area contributed by atoms with E-state index in [0.29, 0.717) is 23.7 Å². The average molecular weight is 487 g/mol. The van der Waals surface area contributed by atoms with E-state index in [2.05, 4.69) is 27.5 Å². The smallest absolute Gasteiger partial charge is 0.421 e. The van der Waals surface area contributed by atoms with Crippen molar-refractivity contribution in [2.75, 3.05) is 17.2 Å². The van der Waals surface area contributed by atoms with Crippen LogP contribution in [0.3, 0.4) is 0 Å². The van der Waals surface area contributed by atoms with Crippen molar-refractivity contribution in [2.45, 2.75) is 57.7 Å². The number of alkyl halides is 3. The molecule has 1 aliphatic carbocycles. The summed E-state index contributed by atoms with van der Waals surface area (Å²) in [6, 6.07) is 14.0. The minimum atomic E-state index is -4.61. The topological polar surface area (TPSA) is 68.3 Å². The van der Waals surface area contributed by atoms with E-state index in [1.165, 1.54) is 0 Å². The lowest BCUT2D eigenvalue weighted by molar-refractivity contribution is -0.137.